The summed E-state index contributed by atoms with van der Waals surface area (Å²) in [6.45, 7) is 2.20. The third-order valence-electron chi connectivity index (χ3n) is 3.90. The van der Waals surface area contributed by atoms with Crippen LogP contribution in [0.2, 0.25) is 0 Å². The summed E-state index contributed by atoms with van der Waals surface area (Å²) in [5.41, 5.74) is -0.139. The van der Waals surface area contributed by atoms with Gasteiger partial charge in [-0.2, -0.15) is 0 Å². The largest absolute Gasteiger partial charge is 0.342 e. The van der Waals surface area contributed by atoms with E-state index in [1.54, 1.807) is 17.3 Å². The van der Waals surface area contributed by atoms with E-state index in [0.717, 1.165) is 12.8 Å². The van der Waals surface area contributed by atoms with Crippen LogP contribution in [0.1, 0.15) is 26.2 Å². The molecule has 0 radical (unpaired) electrons. The second-order valence-electron chi connectivity index (χ2n) is 5.33. The van der Waals surface area contributed by atoms with Crippen LogP contribution in [-0.4, -0.2) is 33.9 Å². The van der Waals surface area contributed by atoms with Crippen LogP contribution in [0.5, 0.6) is 0 Å². The summed E-state index contributed by atoms with van der Waals surface area (Å²) in [5.74, 6) is 0.118. The van der Waals surface area contributed by atoms with Crippen LogP contribution >= 0.6 is 0 Å². The third kappa shape index (κ3) is 2.07. The molecule has 6 heteroatoms. The van der Waals surface area contributed by atoms with Crippen molar-refractivity contribution in [2.75, 3.05) is 11.4 Å². The van der Waals surface area contributed by atoms with Crippen LogP contribution in [-0.2, 0) is 9.59 Å². The molecule has 3 rings (SSSR count). The van der Waals surface area contributed by atoms with Crippen molar-refractivity contribution in [3.05, 3.63) is 18.7 Å². The van der Waals surface area contributed by atoms with Gasteiger partial charge in [0.05, 0.1) is 18.1 Å². The van der Waals surface area contributed by atoms with Crippen LogP contribution in [0.15, 0.2) is 18.7 Å². The van der Waals surface area contributed by atoms with Crippen molar-refractivity contribution in [3.8, 4) is 0 Å². The standard InChI is InChI=1S/C13H16N4O2/c1-13(9-2-3-9)12(19)17(5-4-11(18)16-13)10-6-14-8-15-7-10/h6-9H,2-5H2,1H3,(H,16,18). The number of hydrogen-bond acceptors (Lipinski definition) is 4. The molecule has 6 nitrogen and oxygen atoms in total. The maximum atomic E-state index is 12.8. The zero-order chi connectivity index (χ0) is 13.5. The highest BCUT2D eigenvalue weighted by atomic mass is 16.2. The normalized spacial score (nSPS) is 27.9. The van der Waals surface area contributed by atoms with E-state index in [9.17, 15) is 9.59 Å². The van der Waals surface area contributed by atoms with E-state index >= 15 is 0 Å². The second-order valence-corrected chi connectivity index (χ2v) is 5.33. The Morgan fingerprint density at radius 2 is 2.00 bits per heavy atom. The first-order valence-corrected chi connectivity index (χ1v) is 6.49. The smallest absolute Gasteiger partial charge is 0.252 e. The molecular formula is C13H16N4O2. The van der Waals surface area contributed by atoms with Crippen LogP contribution in [0, 0.1) is 5.92 Å². The minimum absolute atomic E-state index is 0.0596. The Kier molecular flexibility index (Phi) is 2.73. The highest BCUT2D eigenvalue weighted by molar-refractivity contribution is 6.04. The summed E-state index contributed by atoms with van der Waals surface area (Å²) < 4.78 is 0. The number of carbonyl (C=O) groups excluding carboxylic acids is 2. The van der Waals surface area contributed by atoms with Gasteiger partial charge in [-0.15, -0.1) is 0 Å². The minimum atomic E-state index is -0.788. The van der Waals surface area contributed by atoms with Gasteiger partial charge in [0.25, 0.3) is 5.91 Å². The lowest BCUT2D eigenvalue weighted by Crippen LogP contribution is -2.56. The van der Waals surface area contributed by atoms with Gasteiger partial charge in [0.15, 0.2) is 0 Å². The lowest BCUT2D eigenvalue weighted by molar-refractivity contribution is -0.130. The molecule has 1 saturated carbocycles. The van der Waals surface area contributed by atoms with Crippen molar-refractivity contribution in [1.29, 1.82) is 0 Å². The maximum absolute atomic E-state index is 12.8. The molecule has 100 valence electrons. The van der Waals surface area contributed by atoms with E-state index in [-0.39, 0.29) is 17.7 Å². The Balaban J connectivity index is 1.96. The SMILES string of the molecule is CC1(C2CC2)NC(=O)CCN(c2cncnc2)C1=O. The Labute approximate surface area is 111 Å². The van der Waals surface area contributed by atoms with E-state index in [0.29, 0.717) is 18.7 Å². The molecule has 2 amide bonds. The van der Waals surface area contributed by atoms with Crippen LogP contribution < -0.4 is 10.2 Å². The van der Waals surface area contributed by atoms with Crippen molar-refractivity contribution < 1.29 is 9.59 Å². The van der Waals surface area contributed by atoms with Gasteiger partial charge in [0.2, 0.25) is 5.91 Å². The van der Waals surface area contributed by atoms with Gasteiger partial charge < -0.3 is 10.2 Å². The third-order valence-corrected chi connectivity index (χ3v) is 3.90. The van der Waals surface area contributed by atoms with Gasteiger partial charge in [-0.25, -0.2) is 9.97 Å². The number of aromatic nitrogens is 2. The van der Waals surface area contributed by atoms with E-state index in [4.69, 9.17) is 0 Å². The Morgan fingerprint density at radius 1 is 1.32 bits per heavy atom. The van der Waals surface area contributed by atoms with Gasteiger partial charge in [0.1, 0.15) is 11.9 Å². The zero-order valence-electron chi connectivity index (χ0n) is 10.8. The summed E-state index contributed by atoms with van der Waals surface area (Å²) >= 11 is 0. The van der Waals surface area contributed by atoms with Crippen molar-refractivity contribution in [2.24, 2.45) is 5.92 Å². The number of nitrogens with zero attached hydrogens (tertiary/aromatic N) is 3. The molecule has 0 aromatic carbocycles. The van der Waals surface area contributed by atoms with Gasteiger partial charge in [0, 0.05) is 13.0 Å². The molecule has 1 aliphatic carbocycles. The van der Waals surface area contributed by atoms with Gasteiger partial charge in [-0.05, 0) is 25.7 Å². The molecule has 2 heterocycles. The summed E-state index contributed by atoms with van der Waals surface area (Å²) in [7, 11) is 0. The monoisotopic (exact) mass is 260 g/mol. The lowest BCUT2D eigenvalue weighted by Gasteiger charge is -2.31. The number of rotatable bonds is 2. The zero-order valence-corrected chi connectivity index (χ0v) is 10.8. The number of anilines is 1. The van der Waals surface area contributed by atoms with E-state index in [2.05, 4.69) is 15.3 Å². The molecule has 1 unspecified atom stereocenters. The average molecular weight is 260 g/mol. The first-order valence-electron chi connectivity index (χ1n) is 6.49. The molecule has 1 N–H and O–H groups in total. The summed E-state index contributed by atoms with van der Waals surface area (Å²) in [5, 5.41) is 2.90. The fourth-order valence-electron chi connectivity index (χ4n) is 2.62. The van der Waals surface area contributed by atoms with Gasteiger partial charge >= 0.3 is 0 Å². The molecule has 1 aliphatic heterocycles. The molecular weight excluding hydrogens is 244 g/mol. The molecule has 0 bridgehead atoms. The van der Waals surface area contributed by atoms with Crippen LogP contribution in [0.25, 0.3) is 0 Å². The van der Waals surface area contributed by atoms with E-state index in [1.807, 2.05) is 6.92 Å². The quantitative estimate of drug-likeness (QED) is 0.840. The predicted molar refractivity (Wildman–Crippen MR) is 68.3 cm³/mol. The lowest BCUT2D eigenvalue weighted by atomic mass is 9.94. The van der Waals surface area contributed by atoms with Crippen molar-refractivity contribution in [1.82, 2.24) is 15.3 Å². The highest BCUT2D eigenvalue weighted by Crippen LogP contribution is 2.41. The molecule has 1 atom stereocenters. The first kappa shape index (κ1) is 12.1. The summed E-state index contributed by atoms with van der Waals surface area (Å²) in [4.78, 5) is 34.1. The summed E-state index contributed by atoms with van der Waals surface area (Å²) in [6.07, 6.45) is 6.92. The van der Waals surface area contributed by atoms with Crippen LogP contribution in [0.4, 0.5) is 5.69 Å². The molecule has 0 spiro atoms. The van der Waals surface area contributed by atoms with Crippen molar-refractivity contribution in [2.45, 2.75) is 31.7 Å². The van der Waals surface area contributed by atoms with Gasteiger partial charge in [-0.1, -0.05) is 0 Å². The predicted octanol–water partition coefficient (Wildman–Crippen LogP) is 0.498. The molecule has 1 aromatic rings. The summed E-state index contributed by atoms with van der Waals surface area (Å²) in [6, 6.07) is 0. The molecule has 2 aliphatic rings. The molecule has 2 fully saturated rings. The number of hydrogen-bond donors (Lipinski definition) is 1. The van der Waals surface area contributed by atoms with E-state index < -0.39 is 5.54 Å². The number of nitrogens with one attached hydrogen (secondary N) is 1. The second kappa shape index (κ2) is 4.29. The molecule has 1 saturated heterocycles. The minimum Gasteiger partial charge on any atom is -0.342 e. The van der Waals surface area contributed by atoms with Crippen molar-refractivity contribution in [3.63, 3.8) is 0 Å². The molecule has 19 heavy (non-hydrogen) atoms. The van der Waals surface area contributed by atoms with Crippen LogP contribution in [0.3, 0.4) is 0 Å². The topological polar surface area (TPSA) is 75.2 Å². The fourth-order valence-corrected chi connectivity index (χ4v) is 2.62. The Morgan fingerprint density at radius 3 is 2.63 bits per heavy atom. The number of amides is 2. The highest BCUT2D eigenvalue weighted by Gasteiger charge is 2.51. The fraction of sp³-hybridized carbons (Fsp3) is 0.538. The Bertz CT molecular complexity index is 515. The Hall–Kier alpha value is -1.98. The van der Waals surface area contributed by atoms with Crippen molar-refractivity contribution >= 4 is 17.5 Å². The average Bonchev–Trinajstić information content (AvgIpc) is 3.23. The first-order chi connectivity index (χ1) is 9.11. The van der Waals surface area contributed by atoms with E-state index in [1.165, 1.54) is 6.33 Å². The number of carbonyl (C=O) groups is 2. The van der Waals surface area contributed by atoms with Gasteiger partial charge in [-0.3, -0.25) is 9.59 Å². The molecule has 1 aromatic heterocycles. The maximum Gasteiger partial charge on any atom is 0.252 e.